The molecular formula is C31H30N2O8. The zero-order chi connectivity index (χ0) is 29.4. The molecule has 2 aliphatic rings. The molecule has 2 heterocycles. The minimum atomic E-state index is -0.979. The number of ether oxygens (including phenoxy) is 2. The number of hydrogen-bond donors (Lipinski definition) is 1. The molecular weight excluding hydrogens is 528 g/mol. The molecule has 1 saturated heterocycles. The number of carbonyl (C=O) groups excluding carboxylic acids is 3. The van der Waals surface area contributed by atoms with E-state index in [2.05, 4.69) is 0 Å². The summed E-state index contributed by atoms with van der Waals surface area (Å²) in [4.78, 5) is 51.1. The third-order valence-electron chi connectivity index (χ3n) is 7.94. The van der Waals surface area contributed by atoms with Crippen LogP contribution in [0.2, 0.25) is 0 Å². The smallest absolute Gasteiger partial charge is 0.363 e. The van der Waals surface area contributed by atoms with Gasteiger partial charge in [0, 0.05) is 35.6 Å². The number of non-ortho nitro benzene ring substituents is 1. The number of nitro groups is 1. The Bertz CT molecular complexity index is 1580. The second kappa shape index (κ2) is 11.1. The second-order valence-electron chi connectivity index (χ2n) is 10.6. The summed E-state index contributed by atoms with van der Waals surface area (Å²) in [6.07, 6.45) is 0.497. The zero-order valence-electron chi connectivity index (χ0n) is 22.9. The first-order chi connectivity index (χ1) is 19.6. The monoisotopic (exact) mass is 558 g/mol. The van der Waals surface area contributed by atoms with E-state index in [1.54, 1.807) is 0 Å². The number of hydrogen-bond acceptors (Lipinski definition) is 8. The van der Waals surface area contributed by atoms with Crippen molar-refractivity contribution in [3.63, 3.8) is 0 Å². The molecule has 0 aliphatic carbocycles. The Balaban J connectivity index is 1.45. The van der Waals surface area contributed by atoms with E-state index in [-0.39, 0.29) is 59.9 Å². The van der Waals surface area contributed by atoms with Crippen LogP contribution in [-0.2, 0) is 20.7 Å². The van der Waals surface area contributed by atoms with Crippen molar-refractivity contribution in [2.75, 3.05) is 13.2 Å². The fourth-order valence-corrected chi connectivity index (χ4v) is 5.89. The van der Waals surface area contributed by atoms with Crippen molar-refractivity contribution >= 4 is 34.3 Å². The number of benzene rings is 3. The molecule has 0 unspecified atom stereocenters. The molecule has 0 saturated carbocycles. The van der Waals surface area contributed by atoms with Gasteiger partial charge in [0.05, 0.1) is 22.4 Å². The number of nitrogens with zero attached hydrogens (tertiary/aromatic N) is 2. The van der Waals surface area contributed by atoms with Gasteiger partial charge in [0.1, 0.15) is 18.1 Å². The molecule has 5 rings (SSSR count). The first-order valence-corrected chi connectivity index (χ1v) is 13.4. The second-order valence-corrected chi connectivity index (χ2v) is 10.6. The molecule has 212 valence electrons. The van der Waals surface area contributed by atoms with Gasteiger partial charge in [-0.3, -0.25) is 14.9 Å². The normalized spacial score (nSPS) is 19.8. The summed E-state index contributed by atoms with van der Waals surface area (Å²) in [5.74, 6) is -2.04. The van der Waals surface area contributed by atoms with E-state index < -0.39 is 16.9 Å². The maximum Gasteiger partial charge on any atom is 0.363 e. The number of nitro benzene ring substituents is 1. The van der Waals surface area contributed by atoms with Crippen LogP contribution < -0.4 is 4.74 Å². The summed E-state index contributed by atoms with van der Waals surface area (Å²) in [6.45, 7) is 5.85. The number of carbonyl (C=O) groups is 3. The Labute approximate surface area is 236 Å². The van der Waals surface area contributed by atoms with Gasteiger partial charge in [0.25, 0.3) is 5.69 Å². The van der Waals surface area contributed by atoms with E-state index in [1.807, 2.05) is 57.2 Å². The Hall–Kier alpha value is -4.57. The van der Waals surface area contributed by atoms with Crippen LogP contribution in [0, 0.1) is 27.9 Å². The van der Waals surface area contributed by atoms with Crippen LogP contribution in [-0.4, -0.2) is 52.0 Å². The zero-order valence-corrected chi connectivity index (χ0v) is 22.9. The molecule has 0 spiro atoms. The number of amides is 1. The quantitative estimate of drug-likeness (QED) is 0.134. The third-order valence-corrected chi connectivity index (χ3v) is 7.94. The summed E-state index contributed by atoms with van der Waals surface area (Å²) in [5, 5.41) is 22.2. The van der Waals surface area contributed by atoms with Crippen LogP contribution in [0.5, 0.6) is 5.75 Å². The van der Waals surface area contributed by atoms with Crippen molar-refractivity contribution in [1.82, 2.24) is 4.90 Å². The lowest BCUT2D eigenvalue weighted by atomic mass is 9.74. The number of aliphatic hydroxyl groups is 1. The van der Waals surface area contributed by atoms with Gasteiger partial charge in [-0.25, -0.2) is 9.59 Å². The van der Waals surface area contributed by atoms with Crippen LogP contribution in [0.4, 0.5) is 5.69 Å². The number of fused-ring (bicyclic) bond motifs is 2. The molecule has 1 N–H and O–H groups in total. The fourth-order valence-electron chi connectivity index (χ4n) is 5.89. The van der Waals surface area contributed by atoms with E-state index in [9.17, 15) is 29.6 Å². The van der Waals surface area contributed by atoms with Crippen LogP contribution in [0.3, 0.4) is 0 Å². The molecule has 0 bridgehead atoms. The molecule has 41 heavy (non-hydrogen) atoms. The van der Waals surface area contributed by atoms with Crippen molar-refractivity contribution in [1.29, 1.82) is 0 Å². The lowest BCUT2D eigenvalue weighted by molar-refractivity contribution is -0.384. The highest BCUT2D eigenvalue weighted by Gasteiger charge is 2.59. The lowest BCUT2D eigenvalue weighted by Gasteiger charge is -2.47. The molecule has 3 atom stereocenters. The summed E-state index contributed by atoms with van der Waals surface area (Å²) in [6, 6.07) is 15.8. The molecule has 10 nitrogen and oxygen atoms in total. The predicted molar refractivity (Wildman–Crippen MR) is 149 cm³/mol. The molecule has 1 amide bonds. The predicted octanol–water partition coefficient (Wildman–Crippen LogP) is 4.43. The molecule has 3 aromatic carbocycles. The summed E-state index contributed by atoms with van der Waals surface area (Å²) < 4.78 is 11.4. The minimum Gasteiger partial charge on any atom is -0.488 e. The van der Waals surface area contributed by atoms with Gasteiger partial charge in [-0.05, 0) is 41.5 Å². The highest BCUT2D eigenvalue weighted by Crippen LogP contribution is 2.49. The van der Waals surface area contributed by atoms with Gasteiger partial charge >= 0.3 is 11.9 Å². The van der Waals surface area contributed by atoms with E-state index in [0.717, 1.165) is 28.5 Å². The van der Waals surface area contributed by atoms with E-state index >= 15 is 0 Å². The van der Waals surface area contributed by atoms with Crippen molar-refractivity contribution in [3.8, 4) is 5.75 Å². The number of rotatable bonds is 9. The Morgan fingerprint density at radius 2 is 1.71 bits per heavy atom. The van der Waals surface area contributed by atoms with Crippen LogP contribution in [0.25, 0.3) is 10.8 Å². The van der Waals surface area contributed by atoms with Crippen LogP contribution in [0.1, 0.15) is 36.7 Å². The summed E-state index contributed by atoms with van der Waals surface area (Å²) in [5.41, 5.74) is 1.30. The van der Waals surface area contributed by atoms with Gasteiger partial charge in [0.15, 0.2) is 0 Å². The highest BCUT2D eigenvalue weighted by atomic mass is 16.6. The average Bonchev–Trinajstić information content (AvgIpc) is 3.19. The summed E-state index contributed by atoms with van der Waals surface area (Å²) >= 11 is 0. The van der Waals surface area contributed by atoms with E-state index in [1.165, 1.54) is 17.0 Å². The van der Waals surface area contributed by atoms with Gasteiger partial charge in [0.2, 0.25) is 5.91 Å². The largest absolute Gasteiger partial charge is 0.488 e. The molecule has 10 heteroatoms. The molecule has 2 aliphatic heterocycles. The first kappa shape index (κ1) is 28.0. The maximum absolute atomic E-state index is 13.4. The third kappa shape index (κ3) is 4.95. The Morgan fingerprint density at radius 1 is 1.02 bits per heavy atom. The topological polar surface area (TPSA) is 136 Å². The highest BCUT2D eigenvalue weighted by molar-refractivity contribution is 6.06. The molecule has 0 aromatic heterocycles. The van der Waals surface area contributed by atoms with Crippen LogP contribution >= 0.6 is 0 Å². The van der Waals surface area contributed by atoms with Crippen molar-refractivity contribution in [2.24, 2.45) is 17.8 Å². The fraction of sp³-hybridized carbons (Fsp3) is 0.323. The lowest BCUT2D eigenvalue weighted by Crippen LogP contribution is -2.62. The van der Waals surface area contributed by atoms with E-state index in [0.29, 0.717) is 17.7 Å². The Morgan fingerprint density at radius 3 is 2.37 bits per heavy atom. The summed E-state index contributed by atoms with van der Waals surface area (Å²) in [7, 11) is 0. The minimum absolute atomic E-state index is 0.000804. The van der Waals surface area contributed by atoms with Gasteiger partial charge in [-0.2, -0.15) is 0 Å². The average molecular weight is 559 g/mol. The number of esters is 2. The number of aliphatic hydroxyl groups excluding tert-OH is 1. The van der Waals surface area contributed by atoms with Crippen LogP contribution in [0.15, 0.2) is 71.9 Å². The maximum atomic E-state index is 13.4. The van der Waals surface area contributed by atoms with Gasteiger partial charge in [-0.15, -0.1) is 0 Å². The SMILES string of the molecule is CC(C)[C@H]1C(=O)N2C(C(=O)OC(=O)c3ccc([N+](=O)[O-])cc3)=C(COc3cccc4c(CCO)cccc34)[C@H](C)[C@H]12. The van der Waals surface area contributed by atoms with Crippen molar-refractivity contribution in [2.45, 2.75) is 33.2 Å². The van der Waals surface area contributed by atoms with E-state index in [4.69, 9.17) is 9.47 Å². The molecule has 1 fully saturated rings. The van der Waals surface area contributed by atoms with Gasteiger partial charge < -0.3 is 19.5 Å². The standard InChI is InChI=1S/C31H30N2O8/c1-17(2)26-27-18(3)24(16-40-25-9-5-7-22-19(14-15-34)6-4-8-23(22)25)28(32(27)29(26)35)31(37)41-30(36)20-10-12-21(13-11-20)33(38)39/h4-13,17-18,26-27,34H,14-16H2,1-3H3/t18-,26+,27+/m0/s1. The van der Waals surface area contributed by atoms with Crippen molar-refractivity contribution < 1.29 is 33.9 Å². The van der Waals surface area contributed by atoms with Crippen molar-refractivity contribution in [3.05, 3.63) is 93.2 Å². The van der Waals surface area contributed by atoms with Gasteiger partial charge in [-0.1, -0.05) is 51.1 Å². The first-order valence-electron chi connectivity index (χ1n) is 13.4. The molecule has 0 radical (unpaired) electrons. The number of β-lactam (4-membered cyclic amide) rings is 1. The molecule has 3 aromatic rings. The Kier molecular flexibility index (Phi) is 7.59.